The Hall–Kier alpha value is -0.300. The molecule has 1 rings (SSSR count). The van der Waals surface area contributed by atoms with Gasteiger partial charge in [0.25, 0.3) is 0 Å². The molecule has 0 N–H and O–H groups in total. The lowest BCUT2D eigenvalue weighted by molar-refractivity contribution is 0.0529. The third kappa shape index (κ3) is 3.51. The molecule has 0 bridgehead atoms. The van der Waals surface area contributed by atoms with Crippen LogP contribution < -0.4 is 0 Å². The van der Waals surface area contributed by atoms with Gasteiger partial charge in [0, 0.05) is 0 Å². The quantitative estimate of drug-likeness (QED) is 0.593. The van der Waals surface area contributed by atoms with E-state index >= 15 is 0 Å². The highest BCUT2D eigenvalue weighted by Crippen LogP contribution is 2.31. The lowest BCUT2D eigenvalue weighted by Crippen LogP contribution is -2.14. The highest BCUT2D eigenvalue weighted by atomic mass is 16.5. The second-order valence-electron chi connectivity index (χ2n) is 5.40. The SMILES string of the molecule is C=C1C[C@H](C)OC1CCC(C)(C)C. The molecule has 1 aliphatic heterocycles. The first kappa shape index (κ1) is 10.8. The minimum Gasteiger partial charge on any atom is -0.371 e. The largest absolute Gasteiger partial charge is 0.371 e. The molecule has 1 nitrogen and oxygen atoms in total. The minimum atomic E-state index is 0.328. The lowest BCUT2D eigenvalue weighted by atomic mass is 9.88. The van der Waals surface area contributed by atoms with E-state index in [1.54, 1.807) is 0 Å². The Morgan fingerprint density at radius 2 is 2.08 bits per heavy atom. The van der Waals surface area contributed by atoms with Crippen LogP contribution in [0.25, 0.3) is 0 Å². The maximum absolute atomic E-state index is 5.77. The van der Waals surface area contributed by atoms with E-state index in [0.717, 1.165) is 12.8 Å². The van der Waals surface area contributed by atoms with Crippen molar-refractivity contribution < 1.29 is 4.74 Å². The van der Waals surface area contributed by atoms with Gasteiger partial charge in [-0.05, 0) is 37.2 Å². The number of hydrogen-bond donors (Lipinski definition) is 0. The normalized spacial score (nSPS) is 29.7. The summed E-state index contributed by atoms with van der Waals surface area (Å²) in [7, 11) is 0. The van der Waals surface area contributed by atoms with E-state index < -0.39 is 0 Å². The van der Waals surface area contributed by atoms with Crippen molar-refractivity contribution in [3.05, 3.63) is 12.2 Å². The van der Waals surface area contributed by atoms with E-state index in [2.05, 4.69) is 34.3 Å². The van der Waals surface area contributed by atoms with Crippen molar-refractivity contribution in [2.75, 3.05) is 0 Å². The Kier molecular flexibility index (Phi) is 3.18. The first-order valence-electron chi connectivity index (χ1n) is 5.21. The molecule has 76 valence electrons. The monoisotopic (exact) mass is 182 g/mol. The molecule has 0 aromatic rings. The third-order valence-electron chi connectivity index (χ3n) is 2.56. The van der Waals surface area contributed by atoms with Crippen molar-refractivity contribution in [3.8, 4) is 0 Å². The average molecular weight is 182 g/mol. The Morgan fingerprint density at radius 3 is 2.46 bits per heavy atom. The molecule has 1 fully saturated rings. The Bertz CT molecular complexity index is 188. The zero-order valence-electron chi connectivity index (χ0n) is 9.39. The zero-order chi connectivity index (χ0) is 10.1. The molecule has 0 aromatic heterocycles. The molecule has 0 aliphatic carbocycles. The van der Waals surface area contributed by atoms with Gasteiger partial charge in [-0.1, -0.05) is 27.4 Å². The summed E-state index contributed by atoms with van der Waals surface area (Å²) in [6, 6.07) is 0. The summed E-state index contributed by atoms with van der Waals surface area (Å²) >= 11 is 0. The standard InChI is InChI=1S/C12H22O/c1-9-8-10(2)13-11(9)6-7-12(3,4)5/h10-11H,1,6-8H2,2-5H3/t10-,11?/m0/s1. The summed E-state index contributed by atoms with van der Waals surface area (Å²) < 4.78 is 5.77. The van der Waals surface area contributed by atoms with Gasteiger partial charge in [0.05, 0.1) is 12.2 Å². The van der Waals surface area contributed by atoms with Gasteiger partial charge in [0.2, 0.25) is 0 Å². The van der Waals surface area contributed by atoms with E-state index in [1.165, 1.54) is 12.0 Å². The molecule has 0 saturated carbocycles. The number of ether oxygens (including phenoxy) is 1. The van der Waals surface area contributed by atoms with Crippen LogP contribution in [0.2, 0.25) is 0 Å². The van der Waals surface area contributed by atoms with Crippen molar-refractivity contribution >= 4 is 0 Å². The summed E-state index contributed by atoms with van der Waals surface area (Å²) in [5, 5.41) is 0. The number of rotatable bonds is 2. The lowest BCUT2D eigenvalue weighted by Gasteiger charge is -2.21. The second kappa shape index (κ2) is 3.83. The summed E-state index contributed by atoms with van der Waals surface area (Å²) in [6.45, 7) is 13.0. The third-order valence-corrected chi connectivity index (χ3v) is 2.56. The molecule has 1 saturated heterocycles. The molecule has 1 aliphatic rings. The van der Waals surface area contributed by atoms with E-state index in [1.807, 2.05) is 0 Å². The maximum Gasteiger partial charge on any atom is 0.0787 e. The van der Waals surface area contributed by atoms with Crippen LogP contribution in [0.4, 0.5) is 0 Å². The van der Waals surface area contributed by atoms with E-state index in [0.29, 0.717) is 17.6 Å². The van der Waals surface area contributed by atoms with Gasteiger partial charge in [-0.15, -0.1) is 0 Å². The van der Waals surface area contributed by atoms with Gasteiger partial charge in [-0.3, -0.25) is 0 Å². The molecule has 1 heteroatoms. The Labute approximate surface area is 82.2 Å². The van der Waals surface area contributed by atoms with E-state index in [9.17, 15) is 0 Å². The van der Waals surface area contributed by atoms with Crippen molar-refractivity contribution in [2.24, 2.45) is 5.41 Å². The van der Waals surface area contributed by atoms with Gasteiger partial charge in [-0.25, -0.2) is 0 Å². The van der Waals surface area contributed by atoms with E-state index in [4.69, 9.17) is 4.74 Å². The maximum atomic E-state index is 5.77. The van der Waals surface area contributed by atoms with Crippen LogP contribution in [0.3, 0.4) is 0 Å². The topological polar surface area (TPSA) is 9.23 Å². The molecular formula is C12H22O. The van der Waals surface area contributed by atoms with Crippen molar-refractivity contribution in [2.45, 2.75) is 59.2 Å². The van der Waals surface area contributed by atoms with Gasteiger partial charge < -0.3 is 4.74 Å². The molecule has 0 amide bonds. The van der Waals surface area contributed by atoms with Gasteiger partial charge >= 0.3 is 0 Å². The summed E-state index contributed by atoms with van der Waals surface area (Å²) in [6.07, 6.45) is 4.11. The predicted molar refractivity (Wildman–Crippen MR) is 56.8 cm³/mol. The zero-order valence-corrected chi connectivity index (χ0v) is 9.39. The fourth-order valence-electron chi connectivity index (χ4n) is 1.76. The Morgan fingerprint density at radius 1 is 1.46 bits per heavy atom. The molecule has 0 spiro atoms. The minimum absolute atomic E-state index is 0.328. The van der Waals surface area contributed by atoms with Gasteiger partial charge in [-0.2, -0.15) is 0 Å². The van der Waals surface area contributed by atoms with Crippen LogP contribution in [-0.2, 0) is 4.74 Å². The summed E-state index contributed by atoms with van der Waals surface area (Å²) in [4.78, 5) is 0. The highest BCUT2D eigenvalue weighted by molar-refractivity contribution is 5.08. The van der Waals surface area contributed by atoms with Crippen molar-refractivity contribution in [1.82, 2.24) is 0 Å². The van der Waals surface area contributed by atoms with E-state index in [-0.39, 0.29) is 0 Å². The Balaban J connectivity index is 2.34. The van der Waals surface area contributed by atoms with Gasteiger partial charge in [0.1, 0.15) is 0 Å². The fraction of sp³-hybridized carbons (Fsp3) is 0.833. The summed E-state index contributed by atoms with van der Waals surface area (Å²) in [5.74, 6) is 0. The number of hydrogen-bond acceptors (Lipinski definition) is 1. The first-order chi connectivity index (χ1) is 5.88. The second-order valence-corrected chi connectivity index (χ2v) is 5.40. The fourth-order valence-corrected chi connectivity index (χ4v) is 1.76. The van der Waals surface area contributed by atoms with Crippen LogP contribution >= 0.6 is 0 Å². The predicted octanol–water partition coefficient (Wildman–Crippen LogP) is 3.55. The van der Waals surface area contributed by atoms with Crippen LogP contribution in [0.1, 0.15) is 47.0 Å². The first-order valence-corrected chi connectivity index (χ1v) is 5.21. The molecule has 1 heterocycles. The molecule has 1 unspecified atom stereocenters. The van der Waals surface area contributed by atoms with Crippen molar-refractivity contribution in [1.29, 1.82) is 0 Å². The van der Waals surface area contributed by atoms with Crippen LogP contribution in [0.15, 0.2) is 12.2 Å². The van der Waals surface area contributed by atoms with Gasteiger partial charge in [0.15, 0.2) is 0 Å². The highest BCUT2D eigenvalue weighted by Gasteiger charge is 2.26. The van der Waals surface area contributed by atoms with Crippen LogP contribution in [-0.4, -0.2) is 12.2 Å². The molecule has 13 heavy (non-hydrogen) atoms. The molecule has 0 radical (unpaired) electrons. The smallest absolute Gasteiger partial charge is 0.0787 e. The molecule has 0 aromatic carbocycles. The van der Waals surface area contributed by atoms with Crippen molar-refractivity contribution in [3.63, 3.8) is 0 Å². The van der Waals surface area contributed by atoms with Crippen LogP contribution in [0, 0.1) is 5.41 Å². The molecular weight excluding hydrogens is 160 g/mol. The molecule has 2 atom stereocenters. The average Bonchev–Trinajstić information content (AvgIpc) is 2.24. The van der Waals surface area contributed by atoms with Crippen LogP contribution in [0.5, 0.6) is 0 Å². The summed E-state index contributed by atoms with van der Waals surface area (Å²) in [5.41, 5.74) is 1.70.